The molecule has 1 atom stereocenters. The van der Waals surface area contributed by atoms with Crippen LogP contribution in [0.5, 0.6) is 0 Å². The smallest absolute Gasteiger partial charge is 0.255 e. The molecule has 0 spiro atoms. The minimum Gasteiger partial charge on any atom is -0.468 e. The molecule has 6 nitrogen and oxygen atoms in total. The Kier molecular flexibility index (Phi) is 4.74. The van der Waals surface area contributed by atoms with Gasteiger partial charge in [0.25, 0.3) is 5.91 Å². The van der Waals surface area contributed by atoms with Gasteiger partial charge >= 0.3 is 0 Å². The number of rotatable bonds is 4. The van der Waals surface area contributed by atoms with E-state index in [1.807, 2.05) is 18.2 Å². The molecule has 0 bridgehead atoms. The summed E-state index contributed by atoms with van der Waals surface area (Å²) in [4.78, 5) is 38.8. The van der Waals surface area contributed by atoms with Gasteiger partial charge < -0.3 is 14.6 Å². The van der Waals surface area contributed by atoms with Gasteiger partial charge in [-0.05, 0) is 18.1 Å². The molecular formula is C20H19ClN2O4. The number of amides is 2. The van der Waals surface area contributed by atoms with Gasteiger partial charge in [-0.15, -0.1) is 0 Å². The standard InChI is InChI=1S/C20H19ClN2O4/c21-15-5-2-1-4-12(15)9-23-10-13(8-18(23)25)22-20(26)14-11-27-17-7-3-6-16(24)19(14)17/h1-2,4-5,11,13H,3,6-10H2,(H,22,26)/t13-/m1/s1. The van der Waals surface area contributed by atoms with Gasteiger partial charge in [0.15, 0.2) is 5.78 Å². The van der Waals surface area contributed by atoms with E-state index in [9.17, 15) is 14.4 Å². The third kappa shape index (κ3) is 3.49. The molecule has 7 heteroatoms. The number of nitrogens with one attached hydrogen (secondary N) is 1. The first-order valence-electron chi connectivity index (χ1n) is 8.98. The van der Waals surface area contributed by atoms with Crippen LogP contribution in [0.2, 0.25) is 5.02 Å². The summed E-state index contributed by atoms with van der Waals surface area (Å²) in [6.07, 6.45) is 3.42. The van der Waals surface area contributed by atoms with Gasteiger partial charge in [-0.2, -0.15) is 0 Å². The zero-order chi connectivity index (χ0) is 19.0. The molecular weight excluding hydrogens is 368 g/mol. The SMILES string of the molecule is O=C(N[C@@H]1CC(=O)N(Cc2ccccc2Cl)C1)c1coc2c1C(=O)CCC2. The highest BCUT2D eigenvalue weighted by molar-refractivity contribution is 6.31. The molecule has 1 aliphatic carbocycles. The fourth-order valence-corrected chi connectivity index (χ4v) is 3.90. The summed E-state index contributed by atoms with van der Waals surface area (Å²) < 4.78 is 5.40. The molecule has 1 aliphatic heterocycles. The minimum atomic E-state index is -0.368. The number of hydrogen-bond donors (Lipinski definition) is 1. The van der Waals surface area contributed by atoms with E-state index in [4.69, 9.17) is 16.0 Å². The monoisotopic (exact) mass is 386 g/mol. The summed E-state index contributed by atoms with van der Waals surface area (Å²) in [7, 11) is 0. The van der Waals surface area contributed by atoms with Gasteiger partial charge in [-0.25, -0.2) is 0 Å². The van der Waals surface area contributed by atoms with E-state index >= 15 is 0 Å². The van der Waals surface area contributed by atoms with Crippen LogP contribution in [0.25, 0.3) is 0 Å². The fourth-order valence-electron chi connectivity index (χ4n) is 3.71. The number of furan rings is 1. The summed E-state index contributed by atoms with van der Waals surface area (Å²) in [5.74, 6) is 0.121. The molecule has 2 heterocycles. The first kappa shape index (κ1) is 17.8. The number of halogens is 1. The topological polar surface area (TPSA) is 79.6 Å². The third-order valence-electron chi connectivity index (χ3n) is 5.07. The van der Waals surface area contributed by atoms with Crippen molar-refractivity contribution in [1.82, 2.24) is 10.2 Å². The van der Waals surface area contributed by atoms with E-state index < -0.39 is 0 Å². The number of carbonyl (C=O) groups excluding carboxylic acids is 3. The molecule has 27 heavy (non-hydrogen) atoms. The second kappa shape index (κ2) is 7.19. The highest BCUT2D eigenvalue weighted by atomic mass is 35.5. The zero-order valence-electron chi connectivity index (χ0n) is 14.7. The van der Waals surface area contributed by atoms with Gasteiger partial charge in [0.2, 0.25) is 5.91 Å². The molecule has 2 amide bonds. The number of likely N-dealkylation sites (tertiary alicyclic amines) is 1. The van der Waals surface area contributed by atoms with Crippen molar-refractivity contribution in [1.29, 1.82) is 0 Å². The quantitative estimate of drug-likeness (QED) is 0.876. The van der Waals surface area contributed by atoms with Crippen LogP contribution < -0.4 is 5.32 Å². The van der Waals surface area contributed by atoms with Crippen LogP contribution in [0.3, 0.4) is 0 Å². The van der Waals surface area contributed by atoms with E-state index in [1.165, 1.54) is 6.26 Å². The van der Waals surface area contributed by atoms with Crippen molar-refractivity contribution in [3.05, 3.63) is 58.0 Å². The van der Waals surface area contributed by atoms with Crippen LogP contribution in [-0.4, -0.2) is 35.1 Å². The highest BCUT2D eigenvalue weighted by Gasteiger charge is 2.33. The molecule has 2 aliphatic rings. The van der Waals surface area contributed by atoms with Crippen LogP contribution in [0.1, 0.15) is 51.3 Å². The Morgan fingerprint density at radius 3 is 2.89 bits per heavy atom. The predicted molar refractivity (Wildman–Crippen MR) is 98.7 cm³/mol. The lowest BCUT2D eigenvalue weighted by Gasteiger charge is -2.18. The van der Waals surface area contributed by atoms with Crippen molar-refractivity contribution in [2.45, 2.75) is 38.3 Å². The lowest BCUT2D eigenvalue weighted by molar-refractivity contribution is -0.128. The Morgan fingerprint density at radius 2 is 2.07 bits per heavy atom. The Labute approximate surface area is 161 Å². The van der Waals surface area contributed by atoms with E-state index in [1.54, 1.807) is 11.0 Å². The molecule has 1 fully saturated rings. The van der Waals surface area contributed by atoms with E-state index in [2.05, 4.69) is 5.32 Å². The zero-order valence-corrected chi connectivity index (χ0v) is 15.4. The second-order valence-corrected chi connectivity index (χ2v) is 7.37. The van der Waals surface area contributed by atoms with E-state index in [-0.39, 0.29) is 35.6 Å². The summed E-state index contributed by atoms with van der Waals surface area (Å²) in [5, 5.41) is 3.48. The van der Waals surface area contributed by atoms with Crippen LogP contribution in [-0.2, 0) is 17.8 Å². The van der Waals surface area contributed by atoms with Crippen molar-refractivity contribution >= 4 is 29.2 Å². The average molecular weight is 387 g/mol. The van der Waals surface area contributed by atoms with Crippen LogP contribution in [0, 0.1) is 0 Å². The Balaban J connectivity index is 1.43. The first-order chi connectivity index (χ1) is 13.0. The van der Waals surface area contributed by atoms with Crippen LogP contribution in [0.4, 0.5) is 0 Å². The number of benzene rings is 1. The number of Topliss-reactive ketones (excluding diaryl/α,β-unsaturated/α-hetero) is 1. The minimum absolute atomic E-state index is 0.0366. The van der Waals surface area contributed by atoms with Gasteiger partial charge in [0.1, 0.15) is 12.0 Å². The van der Waals surface area contributed by atoms with Crippen molar-refractivity contribution in [3.8, 4) is 0 Å². The third-order valence-corrected chi connectivity index (χ3v) is 5.44. The molecule has 1 saturated heterocycles. The molecule has 140 valence electrons. The Hall–Kier alpha value is -2.60. The molecule has 0 radical (unpaired) electrons. The van der Waals surface area contributed by atoms with Crippen molar-refractivity contribution in [2.24, 2.45) is 0 Å². The van der Waals surface area contributed by atoms with Crippen LogP contribution >= 0.6 is 11.6 Å². The van der Waals surface area contributed by atoms with Crippen molar-refractivity contribution in [2.75, 3.05) is 6.54 Å². The number of fused-ring (bicyclic) bond motifs is 1. The number of ketones is 1. The summed E-state index contributed by atoms with van der Waals surface area (Å²) in [6, 6.07) is 7.07. The molecule has 1 aromatic carbocycles. The van der Waals surface area contributed by atoms with Crippen LogP contribution in [0.15, 0.2) is 34.9 Å². The molecule has 1 N–H and O–H groups in total. The molecule has 0 unspecified atom stereocenters. The van der Waals surface area contributed by atoms with Gasteiger partial charge in [-0.3, -0.25) is 14.4 Å². The molecule has 1 aromatic heterocycles. The maximum absolute atomic E-state index is 12.6. The number of nitrogens with zero attached hydrogens (tertiary/aromatic N) is 1. The summed E-state index contributed by atoms with van der Waals surface area (Å²) >= 11 is 6.17. The normalized spacial score (nSPS) is 19.3. The maximum atomic E-state index is 12.6. The lowest BCUT2D eigenvalue weighted by atomic mass is 9.94. The first-order valence-corrected chi connectivity index (χ1v) is 9.36. The number of aryl methyl sites for hydroxylation is 1. The molecule has 0 saturated carbocycles. The largest absolute Gasteiger partial charge is 0.468 e. The second-order valence-electron chi connectivity index (χ2n) is 6.96. The van der Waals surface area contributed by atoms with Gasteiger partial charge in [0, 0.05) is 37.4 Å². The van der Waals surface area contributed by atoms with Gasteiger partial charge in [-0.1, -0.05) is 29.8 Å². The highest BCUT2D eigenvalue weighted by Crippen LogP contribution is 2.27. The van der Waals surface area contributed by atoms with Crippen molar-refractivity contribution < 1.29 is 18.8 Å². The van der Waals surface area contributed by atoms with E-state index in [0.717, 1.165) is 12.0 Å². The average Bonchev–Trinajstić information content (AvgIpc) is 3.22. The fraction of sp³-hybridized carbons (Fsp3) is 0.350. The van der Waals surface area contributed by atoms with Gasteiger partial charge in [0.05, 0.1) is 17.2 Å². The van der Waals surface area contributed by atoms with E-state index in [0.29, 0.717) is 42.3 Å². The Bertz CT molecular complexity index is 920. The maximum Gasteiger partial charge on any atom is 0.255 e. The summed E-state index contributed by atoms with van der Waals surface area (Å²) in [6.45, 7) is 0.814. The number of hydrogen-bond acceptors (Lipinski definition) is 4. The predicted octanol–water partition coefficient (Wildman–Crippen LogP) is 2.98. The molecule has 2 aromatic rings. The summed E-state index contributed by atoms with van der Waals surface area (Å²) in [5.41, 5.74) is 1.54. The number of carbonyl (C=O) groups is 3. The van der Waals surface area contributed by atoms with Crippen molar-refractivity contribution in [3.63, 3.8) is 0 Å². The lowest BCUT2D eigenvalue weighted by Crippen LogP contribution is -2.37. The Morgan fingerprint density at radius 1 is 1.26 bits per heavy atom. The molecule has 4 rings (SSSR count).